The highest BCUT2D eigenvalue weighted by Crippen LogP contribution is 2.30. The third kappa shape index (κ3) is 3.89. The van der Waals surface area contributed by atoms with Crippen molar-refractivity contribution in [2.75, 3.05) is 26.2 Å². The van der Waals surface area contributed by atoms with Crippen molar-refractivity contribution in [3.63, 3.8) is 0 Å². The van der Waals surface area contributed by atoms with Crippen LogP contribution in [0.2, 0.25) is 0 Å². The average Bonchev–Trinajstić information content (AvgIpc) is 3.29. The summed E-state index contributed by atoms with van der Waals surface area (Å²) in [7, 11) is -3.52. The molecule has 0 radical (unpaired) electrons. The number of thiophene rings is 1. The molecular formula is C21H26N4O3S2. The second-order valence-corrected chi connectivity index (χ2v) is 11.0. The summed E-state index contributed by atoms with van der Waals surface area (Å²) in [4.78, 5) is 16.8. The van der Waals surface area contributed by atoms with E-state index >= 15 is 0 Å². The topological polar surface area (TPSA) is 75.5 Å². The summed E-state index contributed by atoms with van der Waals surface area (Å²) in [5.41, 5.74) is 0.930. The number of piperazine rings is 1. The molecule has 0 unspecified atom stereocenters. The lowest BCUT2D eigenvalue weighted by atomic mass is 10.2. The highest BCUT2D eigenvalue weighted by Gasteiger charge is 2.31. The molecule has 4 rings (SSSR count). The number of benzene rings is 1. The lowest BCUT2D eigenvalue weighted by molar-refractivity contribution is 0.0703. The number of hydrogen-bond donors (Lipinski definition) is 0. The third-order valence-electron chi connectivity index (χ3n) is 5.26. The normalized spacial score (nSPS) is 15.9. The SMILES string of the molecule is Cc1nn(CC(C)C)c2sc(C(=O)N3CCN(S(=O)(=O)c4ccccc4)CC3)cc12. The first-order valence-electron chi connectivity index (χ1n) is 10.1. The maximum atomic E-state index is 13.1. The van der Waals surface area contributed by atoms with Crippen molar-refractivity contribution < 1.29 is 13.2 Å². The number of amides is 1. The summed E-state index contributed by atoms with van der Waals surface area (Å²) in [6, 6.07) is 10.4. The quantitative estimate of drug-likeness (QED) is 0.603. The minimum absolute atomic E-state index is 0.0385. The van der Waals surface area contributed by atoms with Crippen LogP contribution in [0.3, 0.4) is 0 Å². The maximum Gasteiger partial charge on any atom is 0.264 e. The summed E-state index contributed by atoms with van der Waals surface area (Å²) in [6.45, 7) is 8.44. The Bertz CT molecular complexity index is 1160. The van der Waals surface area contributed by atoms with Crippen molar-refractivity contribution in [2.45, 2.75) is 32.2 Å². The lowest BCUT2D eigenvalue weighted by Crippen LogP contribution is -2.50. The van der Waals surface area contributed by atoms with E-state index in [2.05, 4.69) is 18.9 Å². The molecule has 0 aliphatic carbocycles. The van der Waals surface area contributed by atoms with Crippen molar-refractivity contribution in [1.29, 1.82) is 0 Å². The third-order valence-corrected chi connectivity index (χ3v) is 8.31. The lowest BCUT2D eigenvalue weighted by Gasteiger charge is -2.33. The number of rotatable bonds is 5. The van der Waals surface area contributed by atoms with Gasteiger partial charge < -0.3 is 4.90 Å². The van der Waals surface area contributed by atoms with Gasteiger partial charge in [-0.15, -0.1) is 11.3 Å². The molecule has 0 bridgehead atoms. The molecule has 1 amide bonds. The fourth-order valence-corrected chi connectivity index (χ4v) is 6.30. The van der Waals surface area contributed by atoms with Crippen LogP contribution in [-0.4, -0.2) is 59.5 Å². The smallest absolute Gasteiger partial charge is 0.264 e. The molecule has 0 atom stereocenters. The molecule has 3 heterocycles. The molecule has 2 aromatic heterocycles. The second-order valence-electron chi connectivity index (χ2n) is 8.00. The Kier molecular flexibility index (Phi) is 5.69. The van der Waals surface area contributed by atoms with Gasteiger partial charge >= 0.3 is 0 Å². The molecule has 1 aromatic carbocycles. The maximum absolute atomic E-state index is 13.1. The summed E-state index contributed by atoms with van der Waals surface area (Å²) in [5.74, 6) is 0.428. The molecule has 160 valence electrons. The van der Waals surface area contributed by atoms with Crippen LogP contribution >= 0.6 is 11.3 Å². The van der Waals surface area contributed by atoms with Crippen LogP contribution in [-0.2, 0) is 16.6 Å². The molecule has 30 heavy (non-hydrogen) atoms. The number of fused-ring (bicyclic) bond motifs is 1. The summed E-state index contributed by atoms with van der Waals surface area (Å²) in [6.07, 6.45) is 0. The van der Waals surface area contributed by atoms with E-state index < -0.39 is 10.0 Å². The predicted molar refractivity (Wildman–Crippen MR) is 118 cm³/mol. The van der Waals surface area contributed by atoms with E-state index in [1.54, 1.807) is 35.2 Å². The minimum atomic E-state index is -3.52. The number of nitrogens with zero attached hydrogens (tertiary/aromatic N) is 4. The monoisotopic (exact) mass is 446 g/mol. The summed E-state index contributed by atoms with van der Waals surface area (Å²) < 4.78 is 29.0. The largest absolute Gasteiger partial charge is 0.335 e. The molecule has 1 aliphatic heterocycles. The minimum Gasteiger partial charge on any atom is -0.335 e. The summed E-state index contributed by atoms with van der Waals surface area (Å²) in [5, 5.41) is 5.62. The predicted octanol–water partition coefficient (Wildman–Crippen LogP) is 3.21. The van der Waals surface area contributed by atoms with Crippen LogP contribution in [0.4, 0.5) is 0 Å². The van der Waals surface area contributed by atoms with Gasteiger partial charge in [0, 0.05) is 38.1 Å². The molecule has 3 aromatic rings. The molecule has 1 fully saturated rings. The molecule has 1 saturated heterocycles. The van der Waals surface area contributed by atoms with E-state index in [-0.39, 0.29) is 5.91 Å². The second kappa shape index (κ2) is 8.13. The van der Waals surface area contributed by atoms with Gasteiger partial charge in [0.05, 0.1) is 15.5 Å². The van der Waals surface area contributed by atoms with Gasteiger partial charge in [0.25, 0.3) is 5.91 Å². The van der Waals surface area contributed by atoms with Crippen LogP contribution in [0.25, 0.3) is 10.2 Å². The number of carbonyl (C=O) groups excluding carboxylic acids is 1. The van der Waals surface area contributed by atoms with Crippen LogP contribution in [0.5, 0.6) is 0 Å². The molecule has 0 saturated carbocycles. The van der Waals surface area contributed by atoms with Gasteiger partial charge in [-0.2, -0.15) is 9.40 Å². The Morgan fingerprint density at radius 3 is 2.43 bits per heavy atom. The van der Waals surface area contributed by atoms with Gasteiger partial charge in [-0.1, -0.05) is 32.0 Å². The molecule has 7 nitrogen and oxygen atoms in total. The van der Waals surface area contributed by atoms with Crippen molar-refractivity contribution in [3.8, 4) is 0 Å². The van der Waals surface area contributed by atoms with Crippen molar-refractivity contribution in [1.82, 2.24) is 19.0 Å². The van der Waals surface area contributed by atoms with Crippen LogP contribution in [0.1, 0.15) is 29.2 Å². The summed E-state index contributed by atoms with van der Waals surface area (Å²) >= 11 is 1.47. The molecular weight excluding hydrogens is 420 g/mol. The zero-order valence-electron chi connectivity index (χ0n) is 17.4. The van der Waals surface area contributed by atoms with Crippen molar-refractivity contribution in [3.05, 3.63) is 47.0 Å². The molecule has 0 N–H and O–H groups in total. The van der Waals surface area contributed by atoms with E-state index in [1.165, 1.54) is 15.6 Å². The Hall–Kier alpha value is -2.23. The highest BCUT2D eigenvalue weighted by molar-refractivity contribution is 7.89. The first-order valence-corrected chi connectivity index (χ1v) is 12.3. The number of aryl methyl sites for hydroxylation is 1. The van der Waals surface area contributed by atoms with E-state index in [4.69, 9.17) is 0 Å². The first kappa shape index (κ1) is 21.0. The Balaban J connectivity index is 1.48. The van der Waals surface area contributed by atoms with Gasteiger partial charge in [0.15, 0.2) is 0 Å². The van der Waals surface area contributed by atoms with E-state index in [0.717, 1.165) is 22.5 Å². The zero-order valence-corrected chi connectivity index (χ0v) is 19.0. The van der Waals surface area contributed by atoms with Crippen LogP contribution < -0.4 is 0 Å². The number of aromatic nitrogens is 2. The van der Waals surface area contributed by atoms with E-state index in [9.17, 15) is 13.2 Å². The standard InChI is InChI=1S/C21H26N4O3S2/c1-15(2)14-25-21-18(16(3)22-25)13-19(29-21)20(26)23-9-11-24(12-10-23)30(27,28)17-7-5-4-6-8-17/h4-8,13,15H,9-12,14H2,1-3H3. The van der Waals surface area contributed by atoms with Crippen molar-refractivity contribution >= 4 is 37.5 Å². The molecule has 1 aliphatic rings. The van der Waals surface area contributed by atoms with Crippen molar-refractivity contribution in [2.24, 2.45) is 5.92 Å². The molecule has 0 spiro atoms. The first-order chi connectivity index (χ1) is 14.3. The number of hydrogen-bond acceptors (Lipinski definition) is 5. The van der Waals surface area contributed by atoms with E-state index in [0.29, 0.717) is 41.9 Å². The Morgan fingerprint density at radius 2 is 1.80 bits per heavy atom. The van der Waals surface area contributed by atoms with Gasteiger partial charge in [-0.25, -0.2) is 8.42 Å². The highest BCUT2D eigenvalue weighted by atomic mass is 32.2. The van der Waals surface area contributed by atoms with Crippen LogP contribution in [0.15, 0.2) is 41.3 Å². The average molecular weight is 447 g/mol. The zero-order chi connectivity index (χ0) is 21.5. The molecule has 9 heteroatoms. The van der Waals surface area contributed by atoms with Gasteiger partial charge in [-0.3, -0.25) is 9.48 Å². The van der Waals surface area contributed by atoms with Gasteiger partial charge in [-0.05, 0) is 31.0 Å². The van der Waals surface area contributed by atoms with E-state index in [1.807, 2.05) is 17.7 Å². The number of sulfonamides is 1. The number of carbonyl (C=O) groups is 1. The van der Waals surface area contributed by atoms with Gasteiger partial charge in [0.2, 0.25) is 10.0 Å². The Morgan fingerprint density at radius 1 is 1.13 bits per heavy atom. The van der Waals surface area contributed by atoms with Crippen LogP contribution in [0, 0.1) is 12.8 Å². The van der Waals surface area contributed by atoms with Gasteiger partial charge in [0.1, 0.15) is 4.83 Å². The fraction of sp³-hybridized carbons (Fsp3) is 0.429. The Labute approximate surface area is 181 Å². The fourth-order valence-electron chi connectivity index (χ4n) is 3.72.